The van der Waals surface area contributed by atoms with Crippen molar-refractivity contribution in [1.29, 1.82) is 0 Å². The van der Waals surface area contributed by atoms with Crippen molar-refractivity contribution in [3.63, 3.8) is 0 Å². The number of fused-ring (bicyclic) bond motifs is 2. The van der Waals surface area contributed by atoms with Gasteiger partial charge in [-0.2, -0.15) is 0 Å². The highest BCUT2D eigenvalue weighted by Crippen LogP contribution is 2.48. The van der Waals surface area contributed by atoms with Crippen LogP contribution in [0.15, 0.2) is 42.6 Å². The fraction of sp³-hybridized carbons (Fsp3) is 0.348. The molecule has 1 aromatic heterocycles. The lowest BCUT2D eigenvalue weighted by atomic mass is 9.82. The summed E-state index contributed by atoms with van der Waals surface area (Å²) in [5, 5.41) is 0. The number of carbonyl (C=O) groups is 1. The van der Waals surface area contributed by atoms with Crippen molar-refractivity contribution in [2.24, 2.45) is 0 Å². The summed E-state index contributed by atoms with van der Waals surface area (Å²) in [5.41, 5.74) is 1.78. The summed E-state index contributed by atoms with van der Waals surface area (Å²) in [5.74, 6) is 2.46. The van der Waals surface area contributed by atoms with Gasteiger partial charge in [-0.3, -0.25) is 9.78 Å². The fourth-order valence-corrected chi connectivity index (χ4v) is 4.38. The first kappa shape index (κ1) is 18.7. The van der Waals surface area contributed by atoms with E-state index in [-0.39, 0.29) is 5.78 Å². The molecule has 0 saturated carbocycles. The minimum Gasteiger partial charge on any atom is -0.493 e. The number of ether oxygens (including phenoxy) is 3. The van der Waals surface area contributed by atoms with Gasteiger partial charge in [0.1, 0.15) is 11.4 Å². The molecule has 30 heavy (non-hydrogen) atoms. The maximum absolute atomic E-state index is 12.9. The standard InChI is InChI=1S/C23H23N3O4/c1-28-19-8-7-15-18(27)13-23(30-21(15)22(19)29-2)9-11-26(12-10-23)20-14-24-16-5-3-4-6-17(16)25-20/h3-8,14H,9-13H2,1-2H3. The van der Waals surface area contributed by atoms with Crippen LogP contribution < -0.4 is 19.1 Å². The van der Waals surface area contributed by atoms with Gasteiger partial charge >= 0.3 is 0 Å². The summed E-state index contributed by atoms with van der Waals surface area (Å²) in [6.07, 6.45) is 3.61. The Morgan fingerprint density at radius 3 is 2.53 bits per heavy atom. The number of Topliss-reactive ketones (excluding diaryl/α,β-unsaturated/α-hetero) is 1. The molecule has 7 heteroatoms. The van der Waals surface area contributed by atoms with E-state index in [0.29, 0.717) is 42.1 Å². The molecule has 2 aliphatic heterocycles. The van der Waals surface area contributed by atoms with E-state index in [1.165, 1.54) is 0 Å². The van der Waals surface area contributed by atoms with E-state index in [9.17, 15) is 4.79 Å². The summed E-state index contributed by atoms with van der Waals surface area (Å²) in [7, 11) is 3.14. The number of ketones is 1. The van der Waals surface area contributed by atoms with Crippen LogP contribution in [0.25, 0.3) is 11.0 Å². The minimum atomic E-state index is -0.537. The molecule has 3 heterocycles. The third-order valence-corrected chi connectivity index (χ3v) is 6.04. The second-order valence-electron chi connectivity index (χ2n) is 7.77. The number of aromatic nitrogens is 2. The van der Waals surface area contributed by atoms with E-state index in [1.54, 1.807) is 26.4 Å². The zero-order valence-electron chi connectivity index (χ0n) is 17.1. The Hall–Kier alpha value is -3.35. The number of hydrogen-bond donors (Lipinski definition) is 0. The highest BCUT2D eigenvalue weighted by Gasteiger charge is 2.44. The topological polar surface area (TPSA) is 73.8 Å². The lowest BCUT2D eigenvalue weighted by molar-refractivity contribution is 0.0207. The van der Waals surface area contributed by atoms with Gasteiger partial charge in [0.05, 0.1) is 43.4 Å². The number of anilines is 1. The van der Waals surface area contributed by atoms with Crippen LogP contribution in [0.3, 0.4) is 0 Å². The Bertz CT molecular complexity index is 1120. The summed E-state index contributed by atoms with van der Waals surface area (Å²) < 4.78 is 17.4. The van der Waals surface area contributed by atoms with E-state index in [2.05, 4.69) is 9.88 Å². The van der Waals surface area contributed by atoms with Gasteiger partial charge in [-0.05, 0) is 24.3 Å². The van der Waals surface area contributed by atoms with Crippen molar-refractivity contribution in [3.05, 3.63) is 48.2 Å². The molecule has 0 amide bonds. The molecule has 2 aliphatic rings. The van der Waals surface area contributed by atoms with Crippen molar-refractivity contribution in [3.8, 4) is 17.2 Å². The van der Waals surface area contributed by atoms with Gasteiger partial charge in [0, 0.05) is 25.9 Å². The monoisotopic (exact) mass is 405 g/mol. The lowest BCUT2D eigenvalue weighted by Crippen LogP contribution is -2.51. The van der Waals surface area contributed by atoms with Crippen LogP contribution in [0.2, 0.25) is 0 Å². The summed E-state index contributed by atoms with van der Waals surface area (Å²) >= 11 is 0. The first-order chi connectivity index (χ1) is 14.6. The predicted octanol–water partition coefficient (Wildman–Crippen LogP) is 3.65. The molecule has 0 N–H and O–H groups in total. The SMILES string of the molecule is COc1ccc2c(c1OC)OC1(CCN(c3cnc4ccccc4n3)CC1)CC2=O. The van der Waals surface area contributed by atoms with Crippen LogP contribution in [0.1, 0.15) is 29.6 Å². The van der Waals surface area contributed by atoms with Gasteiger partial charge in [0.15, 0.2) is 17.3 Å². The Morgan fingerprint density at radius 2 is 1.80 bits per heavy atom. The van der Waals surface area contributed by atoms with E-state index >= 15 is 0 Å². The molecule has 5 rings (SSSR count). The van der Waals surface area contributed by atoms with E-state index < -0.39 is 5.60 Å². The van der Waals surface area contributed by atoms with Gasteiger partial charge in [-0.1, -0.05) is 12.1 Å². The largest absolute Gasteiger partial charge is 0.493 e. The third-order valence-electron chi connectivity index (χ3n) is 6.04. The number of hydrogen-bond acceptors (Lipinski definition) is 7. The van der Waals surface area contributed by atoms with Gasteiger partial charge in [0.2, 0.25) is 5.75 Å². The minimum absolute atomic E-state index is 0.0798. The summed E-state index contributed by atoms with van der Waals surface area (Å²) in [6.45, 7) is 1.48. The maximum atomic E-state index is 12.9. The first-order valence-electron chi connectivity index (χ1n) is 10.1. The summed E-state index contributed by atoms with van der Waals surface area (Å²) in [4.78, 5) is 24.4. The molecule has 1 saturated heterocycles. The van der Waals surface area contributed by atoms with E-state index in [1.807, 2.05) is 30.5 Å². The molecule has 0 bridgehead atoms. The molecular formula is C23H23N3O4. The molecule has 0 aliphatic carbocycles. The van der Waals surface area contributed by atoms with Crippen molar-refractivity contribution < 1.29 is 19.0 Å². The highest BCUT2D eigenvalue weighted by molar-refractivity contribution is 6.01. The number of piperidine rings is 1. The van der Waals surface area contributed by atoms with E-state index in [0.717, 1.165) is 29.9 Å². The van der Waals surface area contributed by atoms with Crippen molar-refractivity contribution in [2.45, 2.75) is 24.9 Å². The number of para-hydroxylation sites is 2. The van der Waals surface area contributed by atoms with Crippen molar-refractivity contribution in [2.75, 3.05) is 32.2 Å². The zero-order valence-corrected chi connectivity index (χ0v) is 17.1. The van der Waals surface area contributed by atoms with Gasteiger partial charge in [-0.15, -0.1) is 0 Å². The average Bonchev–Trinajstić information content (AvgIpc) is 2.78. The Kier molecular flexibility index (Phi) is 4.46. The van der Waals surface area contributed by atoms with Crippen LogP contribution in [-0.2, 0) is 0 Å². The van der Waals surface area contributed by atoms with Crippen LogP contribution in [0.4, 0.5) is 5.82 Å². The average molecular weight is 405 g/mol. The van der Waals surface area contributed by atoms with Crippen LogP contribution >= 0.6 is 0 Å². The number of methoxy groups -OCH3 is 2. The second-order valence-corrected chi connectivity index (χ2v) is 7.77. The van der Waals surface area contributed by atoms with Crippen molar-refractivity contribution in [1.82, 2.24) is 9.97 Å². The number of rotatable bonds is 3. The molecule has 7 nitrogen and oxygen atoms in total. The molecule has 3 aromatic rings. The maximum Gasteiger partial charge on any atom is 0.204 e. The second kappa shape index (κ2) is 7.16. The Morgan fingerprint density at radius 1 is 1.03 bits per heavy atom. The quantitative estimate of drug-likeness (QED) is 0.658. The molecule has 2 aromatic carbocycles. The Balaban J connectivity index is 1.40. The van der Waals surface area contributed by atoms with Gasteiger partial charge in [0.25, 0.3) is 0 Å². The lowest BCUT2D eigenvalue weighted by Gasteiger charge is -2.44. The normalized spacial score (nSPS) is 17.5. The first-order valence-corrected chi connectivity index (χ1v) is 10.1. The third kappa shape index (κ3) is 3.01. The fourth-order valence-electron chi connectivity index (χ4n) is 4.38. The van der Waals surface area contributed by atoms with Crippen LogP contribution in [-0.4, -0.2) is 48.7 Å². The number of carbonyl (C=O) groups excluding carboxylic acids is 1. The van der Waals surface area contributed by atoms with Gasteiger partial charge < -0.3 is 19.1 Å². The number of nitrogens with zero attached hydrogens (tertiary/aromatic N) is 3. The predicted molar refractivity (Wildman–Crippen MR) is 113 cm³/mol. The zero-order chi connectivity index (χ0) is 20.7. The molecule has 154 valence electrons. The number of benzene rings is 2. The summed E-state index contributed by atoms with van der Waals surface area (Å²) in [6, 6.07) is 11.4. The van der Waals surface area contributed by atoms with E-state index in [4.69, 9.17) is 19.2 Å². The smallest absolute Gasteiger partial charge is 0.204 e. The molecule has 1 fully saturated rings. The van der Waals surface area contributed by atoms with Crippen LogP contribution in [0.5, 0.6) is 17.2 Å². The van der Waals surface area contributed by atoms with Crippen LogP contribution in [0, 0.1) is 0 Å². The molecule has 0 unspecified atom stereocenters. The van der Waals surface area contributed by atoms with Crippen molar-refractivity contribution >= 4 is 22.6 Å². The molecule has 0 atom stereocenters. The Labute approximate surface area is 174 Å². The molecule has 1 spiro atoms. The molecule has 0 radical (unpaired) electrons. The van der Waals surface area contributed by atoms with Gasteiger partial charge in [-0.25, -0.2) is 4.98 Å². The highest BCUT2D eigenvalue weighted by atomic mass is 16.5. The molecular weight excluding hydrogens is 382 g/mol.